The Bertz CT molecular complexity index is 276. The number of carboxylic acids is 1. The van der Waals surface area contributed by atoms with Gasteiger partial charge in [-0.1, -0.05) is 0 Å². The van der Waals surface area contributed by atoms with Crippen molar-refractivity contribution in [1.82, 2.24) is 10.6 Å². The number of nitrogens with one attached hydrogen (secondary N) is 2. The summed E-state index contributed by atoms with van der Waals surface area (Å²) < 4.78 is 0. The van der Waals surface area contributed by atoms with Gasteiger partial charge in [-0.05, 0) is 32.1 Å². The molecule has 0 aromatic rings. The topological polar surface area (TPSA) is 78.4 Å². The van der Waals surface area contributed by atoms with Crippen LogP contribution in [0.3, 0.4) is 0 Å². The zero-order chi connectivity index (χ0) is 10.8. The molecule has 5 heteroatoms. The van der Waals surface area contributed by atoms with Crippen molar-refractivity contribution in [3.05, 3.63) is 0 Å². The summed E-state index contributed by atoms with van der Waals surface area (Å²) in [5.41, 5.74) is 0. The molecular weight excluding hydrogens is 196 g/mol. The van der Waals surface area contributed by atoms with E-state index in [1.54, 1.807) is 0 Å². The van der Waals surface area contributed by atoms with E-state index < -0.39 is 5.97 Å². The van der Waals surface area contributed by atoms with Gasteiger partial charge in [0.25, 0.3) is 0 Å². The molecule has 0 radical (unpaired) electrons. The molecule has 5 nitrogen and oxygen atoms in total. The summed E-state index contributed by atoms with van der Waals surface area (Å²) in [4.78, 5) is 22.0. The fourth-order valence-electron chi connectivity index (χ4n) is 1.98. The number of carbonyl (C=O) groups excluding carboxylic acids is 1. The lowest BCUT2D eigenvalue weighted by atomic mass is 10.1. The van der Waals surface area contributed by atoms with Crippen molar-refractivity contribution in [3.63, 3.8) is 0 Å². The molecule has 0 aromatic heterocycles. The number of hydrogen-bond acceptors (Lipinski definition) is 2. The molecule has 0 aromatic carbocycles. The highest BCUT2D eigenvalue weighted by Crippen LogP contribution is 2.25. The van der Waals surface area contributed by atoms with Crippen molar-refractivity contribution in [3.8, 4) is 0 Å². The van der Waals surface area contributed by atoms with Crippen molar-refractivity contribution >= 4 is 12.0 Å². The SMILES string of the molecule is O=C(NC1CC1)NC1CCC(C(=O)O)C1. The first-order chi connectivity index (χ1) is 7.15. The van der Waals surface area contributed by atoms with Crippen LogP contribution >= 0.6 is 0 Å². The van der Waals surface area contributed by atoms with E-state index >= 15 is 0 Å². The summed E-state index contributed by atoms with van der Waals surface area (Å²) in [7, 11) is 0. The molecule has 2 aliphatic carbocycles. The number of amides is 2. The summed E-state index contributed by atoms with van der Waals surface area (Å²) in [5.74, 6) is -1.03. The average molecular weight is 212 g/mol. The van der Waals surface area contributed by atoms with E-state index in [9.17, 15) is 9.59 Å². The molecule has 0 aliphatic heterocycles. The second-order valence-electron chi connectivity index (χ2n) is 4.44. The Morgan fingerprint density at radius 1 is 1.00 bits per heavy atom. The largest absolute Gasteiger partial charge is 0.481 e. The summed E-state index contributed by atoms with van der Waals surface area (Å²) in [5, 5.41) is 14.4. The molecule has 2 fully saturated rings. The number of carbonyl (C=O) groups is 2. The number of hydrogen-bond donors (Lipinski definition) is 3. The Morgan fingerprint density at radius 2 is 1.60 bits per heavy atom. The third kappa shape index (κ3) is 2.84. The third-order valence-electron chi connectivity index (χ3n) is 3.03. The number of urea groups is 1. The van der Waals surface area contributed by atoms with Gasteiger partial charge in [-0.15, -0.1) is 0 Å². The Labute approximate surface area is 88.2 Å². The van der Waals surface area contributed by atoms with E-state index in [1.807, 2.05) is 0 Å². The first-order valence-electron chi connectivity index (χ1n) is 5.45. The second kappa shape index (κ2) is 4.08. The minimum absolute atomic E-state index is 0.0323. The monoisotopic (exact) mass is 212 g/mol. The van der Waals surface area contributed by atoms with Crippen LogP contribution in [-0.2, 0) is 4.79 Å². The van der Waals surface area contributed by atoms with Crippen molar-refractivity contribution < 1.29 is 14.7 Å². The fourth-order valence-corrected chi connectivity index (χ4v) is 1.98. The first kappa shape index (κ1) is 10.3. The highest BCUT2D eigenvalue weighted by Gasteiger charge is 2.31. The Morgan fingerprint density at radius 3 is 2.13 bits per heavy atom. The first-order valence-corrected chi connectivity index (χ1v) is 5.45. The minimum atomic E-state index is -0.748. The highest BCUT2D eigenvalue weighted by atomic mass is 16.4. The molecule has 2 atom stereocenters. The van der Waals surface area contributed by atoms with Crippen molar-refractivity contribution in [2.75, 3.05) is 0 Å². The highest BCUT2D eigenvalue weighted by molar-refractivity contribution is 5.75. The van der Waals surface area contributed by atoms with Gasteiger partial charge in [0, 0.05) is 12.1 Å². The van der Waals surface area contributed by atoms with E-state index in [4.69, 9.17) is 5.11 Å². The standard InChI is InChI=1S/C10H16N2O3/c13-9(14)6-1-2-8(5-6)12-10(15)11-7-3-4-7/h6-8H,1-5H2,(H,13,14)(H2,11,12,15). The van der Waals surface area contributed by atoms with Gasteiger partial charge in [-0.25, -0.2) is 4.79 Å². The molecule has 84 valence electrons. The van der Waals surface area contributed by atoms with Crippen LogP contribution in [0.2, 0.25) is 0 Å². The minimum Gasteiger partial charge on any atom is -0.481 e. The lowest BCUT2D eigenvalue weighted by Gasteiger charge is -2.12. The summed E-state index contributed by atoms with van der Waals surface area (Å²) in [6.07, 6.45) is 4.14. The summed E-state index contributed by atoms with van der Waals surface area (Å²) in [6, 6.07) is 0.236. The molecular formula is C10H16N2O3. The number of aliphatic carboxylic acids is 1. The summed E-state index contributed by atoms with van der Waals surface area (Å²) in [6.45, 7) is 0. The van der Waals surface area contributed by atoms with Crippen LogP contribution in [0.5, 0.6) is 0 Å². The third-order valence-corrected chi connectivity index (χ3v) is 3.03. The van der Waals surface area contributed by atoms with E-state index in [2.05, 4.69) is 10.6 Å². The van der Waals surface area contributed by atoms with Gasteiger partial charge < -0.3 is 15.7 Å². The fraction of sp³-hybridized carbons (Fsp3) is 0.800. The predicted octanol–water partition coefficient (Wildman–Crippen LogP) is 0.701. The van der Waals surface area contributed by atoms with E-state index in [0.29, 0.717) is 18.9 Å². The zero-order valence-electron chi connectivity index (χ0n) is 8.53. The van der Waals surface area contributed by atoms with Crippen LogP contribution < -0.4 is 10.6 Å². The zero-order valence-corrected chi connectivity index (χ0v) is 8.53. The lowest BCUT2D eigenvalue weighted by molar-refractivity contribution is -0.141. The number of carboxylic acid groups (broad SMARTS) is 1. The molecule has 2 aliphatic rings. The van der Waals surface area contributed by atoms with Crippen LogP contribution in [0.4, 0.5) is 4.79 Å². The molecule has 15 heavy (non-hydrogen) atoms. The quantitative estimate of drug-likeness (QED) is 0.644. The maximum Gasteiger partial charge on any atom is 0.315 e. The van der Waals surface area contributed by atoms with Gasteiger partial charge in [-0.3, -0.25) is 4.79 Å². The molecule has 3 N–H and O–H groups in total. The Hall–Kier alpha value is -1.26. The Balaban J connectivity index is 1.71. The molecule has 0 spiro atoms. The maximum absolute atomic E-state index is 11.4. The Kier molecular flexibility index (Phi) is 2.79. The molecule has 0 saturated heterocycles. The smallest absolute Gasteiger partial charge is 0.315 e. The van der Waals surface area contributed by atoms with Gasteiger partial charge in [0.1, 0.15) is 0 Å². The molecule has 0 heterocycles. The molecule has 0 bridgehead atoms. The molecule has 2 unspecified atom stereocenters. The van der Waals surface area contributed by atoms with E-state index in [-0.39, 0.29) is 18.0 Å². The molecule has 2 saturated carbocycles. The van der Waals surface area contributed by atoms with Crippen LogP contribution in [0.15, 0.2) is 0 Å². The normalized spacial score (nSPS) is 29.9. The molecule has 2 rings (SSSR count). The van der Waals surface area contributed by atoms with Crippen molar-refractivity contribution in [1.29, 1.82) is 0 Å². The van der Waals surface area contributed by atoms with Gasteiger partial charge in [0.2, 0.25) is 0 Å². The molecule has 2 amide bonds. The maximum atomic E-state index is 11.4. The average Bonchev–Trinajstić information content (AvgIpc) is 2.82. The van der Waals surface area contributed by atoms with Gasteiger partial charge in [0.15, 0.2) is 0 Å². The van der Waals surface area contributed by atoms with Crippen molar-refractivity contribution in [2.45, 2.75) is 44.2 Å². The van der Waals surface area contributed by atoms with Crippen LogP contribution in [0.25, 0.3) is 0 Å². The number of rotatable bonds is 3. The van der Waals surface area contributed by atoms with E-state index in [0.717, 1.165) is 19.3 Å². The van der Waals surface area contributed by atoms with Gasteiger partial charge in [-0.2, -0.15) is 0 Å². The van der Waals surface area contributed by atoms with E-state index in [1.165, 1.54) is 0 Å². The van der Waals surface area contributed by atoms with Crippen molar-refractivity contribution in [2.24, 2.45) is 5.92 Å². The van der Waals surface area contributed by atoms with Gasteiger partial charge in [0.05, 0.1) is 5.92 Å². The second-order valence-corrected chi connectivity index (χ2v) is 4.44. The lowest BCUT2D eigenvalue weighted by Crippen LogP contribution is -2.42. The predicted molar refractivity (Wildman–Crippen MR) is 53.5 cm³/mol. The van der Waals surface area contributed by atoms with Crippen LogP contribution in [0.1, 0.15) is 32.1 Å². The summed E-state index contributed by atoms with van der Waals surface area (Å²) >= 11 is 0. The van der Waals surface area contributed by atoms with Gasteiger partial charge >= 0.3 is 12.0 Å². The van der Waals surface area contributed by atoms with Crippen LogP contribution in [0, 0.1) is 5.92 Å². The van der Waals surface area contributed by atoms with Crippen LogP contribution in [-0.4, -0.2) is 29.2 Å².